The molecule has 1 N–H and O–H groups in total. The summed E-state index contributed by atoms with van der Waals surface area (Å²) >= 11 is 0. The molecule has 0 aliphatic rings. The van der Waals surface area contributed by atoms with Gasteiger partial charge in [0.25, 0.3) is 0 Å². The van der Waals surface area contributed by atoms with Crippen molar-refractivity contribution in [3.8, 4) is 16.9 Å². The molecule has 0 unspecified atom stereocenters. The van der Waals surface area contributed by atoms with Crippen molar-refractivity contribution in [1.82, 2.24) is 0 Å². The van der Waals surface area contributed by atoms with Gasteiger partial charge in [0, 0.05) is 11.1 Å². The highest BCUT2D eigenvalue weighted by Gasteiger charge is 2.16. The van der Waals surface area contributed by atoms with E-state index in [1.165, 1.54) is 44.6 Å². The molecule has 0 spiro atoms. The highest BCUT2D eigenvalue weighted by Crippen LogP contribution is 2.33. The van der Waals surface area contributed by atoms with E-state index in [9.17, 15) is 14.0 Å². The molecule has 2 aromatic rings. The number of ether oxygens (including phenoxy) is 2. The molecule has 2 aromatic carbocycles. The standard InChI is InChI=1S/C16H13FO5/c1-21-14-8-9(15(18)19)3-6-12(14)11-5-4-10(7-13(11)17)16(20)22-2/h3-8H,1-2H3,(H,18,19). The Kier molecular flexibility index (Phi) is 4.41. The summed E-state index contributed by atoms with van der Waals surface area (Å²) in [6, 6.07) is 8.03. The van der Waals surface area contributed by atoms with Crippen LogP contribution in [-0.2, 0) is 4.74 Å². The Labute approximate surface area is 125 Å². The van der Waals surface area contributed by atoms with E-state index in [1.807, 2.05) is 0 Å². The lowest BCUT2D eigenvalue weighted by Gasteiger charge is -2.11. The minimum Gasteiger partial charge on any atom is -0.496 e. The SMILES string of the molecule is COC(=O)c1ccc(-c2ccc(C(=O)O)cc2OC)c(F)c1. The number of esters is 1. The summed E-state index contributed by atoms with van der Waals surface area (Å²) in [5, 5.41) is 8.96. The van der Waals surface area contributed by atoms with Gasteiger partial charge in [-0.05, 0) is 30.3 Å². The van der Waals surface area contributed by atoms with Crippen LogP contribution in [0.5, 0.6) is 5.75 Å². The summed E-state index contributed by atoms with van der Waals surface area (Å²) in [6.45, 7) is 0. The molecule has 0 radical (unpaired) electrons. The molecule has 0 bridgehead atoms. The highest BCUT2D eigenvalue weighted by molar-refractivity contribution is 5.91. The van der Waals surface area contributed by atoms with E-state index in [1.54, 1.807) is 0 Å². The summed E-state index contributed by atoms with van der Waals surface area (Å²) in [5.41, 5.74) is 0.708. The first-order valence-electron chi connectivity index (χ1n) is 6.27. The normalized spacial score (nSPS) is 10.1. The van der Waals surface area contributed by atoms with Crippen molar-refractivity contribution in [2.24, 2.45) is 0 Å². The Hall–Kier alpha value is -2.89. The van der Waals surface area contributed by atoms with Gasteiger partial charge in [0.05, 0.1) is 25.3 Å². The van der Waals surface area contributed by atoms with Crippen molar-refractivity contribution >= 4 is 11.9 Å². The number of hydrogen-bond acceptors (Lipinski definition) is 4. The quantitative estimate of drug-likeness (QED) is 0.879. The van der Waals surface area contributed by atoms with Gasteiger partial charge in [0.15, 0.2) is 0 Å². The molecule has 0 atom stereocenters. The highest BCUT2D eigenvalue weighted by atomic mass is 19.1. The number of rotatable bonds is 4. The van der Waals surface area contributed by atoms with Gasteiger partial charge in [-0.25, -0.2) is 14.0 Å². The second-order valence-electron chi connectivity index (χ2n) is 4.41. The van der Waals surface area contributed by atoms with Gasteiger partial charge < -0.3 is 14.6 Å². The summed E-state index contributed by atoms with van der Waals surface area (Å²) in [7, 11) is 2.58. The second kappa shape index (κ2) is 6.26. The van der Waals surface area contributed by atoms with Crippen LogP contribution >= 0.6 is 0 Å². The zero-order valence-electron chi connectivity index (χ0n) is 11.9. The van der Waals surface area contributed by atoms with Crippen molar-refractivity contribution in [3.63, 3.8) is 0 Å². The summed E-state index contributed by atoms with van der Waals surface area (Å²) < 4.78 is 23.9. The molecule has 6 heteroatoms. The van der Waals surface area contributed by atoms with Crippen LogP contribution < -0.4 is 4.74 Å². The minimum atomic E-state index is -1.11. The van der Waals surface area contributed by atoms with E-state index >= 15 is 0 Å². The van der Waals surface area contributed by atoms with Gasteiger partial charge >= 0.3 is 11.9 Å². The molecule has 0 fully saturated rings. The maximum atomic E-state index is 14.2. The van der Waals surface area contributed by atoms with E-state index in [4.69, 9.17) is 9.84 Å². The maximum Gasteiger partial charge on any atom is 0.337 e. The van der Waals surface area contributed by atoms with Gasteiger partial charge in [-0.2, -0.15) is 0 Å². The van der Waals surface area contributed by atoms with Crippen LogP contribution in [0.15, 0.2) is 36.4 Å². The van der Waals surface area contributed by atoms with Crippen LogP contribution in [0.2, 0.25) is 0 Å². The van der Waals surface area contributed by atoms with Crippen molar-refractivity contribution < 1.29 is 28.6 Å². The molecule has 2 rings (SSSR count). The molecule has 114 valence electrons. The molecule has 0 saturated heterocycles. The summed E-state index contributed by atoms with van der Waals surface area (Å²) in [5.74, 6) is -2.15. The maximum absolute atomic E-state index is 14.2. The molecule has 0 aliphatic carbocycles. The summed E-state index contributed by atoms with van der Waals surface area (Å²) in [6.07, 6.45) is 0. The monoisotopic (exact) mass is 304 g/mol. The molecular weight excluding hydrogens is 291 g/mol. The molecule has 0 heterocycles. The van der Waals surface area contributed by atoms with E-state index in [0.717, 1.165) is 6.07 Å². The average molecular weight is 304 g/mol. The van der Waals surface area contributed by atoms with E-state index in [0.29, 0.717) is 5.56 Å². The van der Waals surface area contributed by atoms with Crippen LogP contribution in [0.4, 0.5) is 4.39 Å². The topological polar surface area (TPSA) is 72.8 Å². The predicted octanol–water partition coefficient (Wildman–Crippen LogP) is 2.99. The largest absolute Gasteiger partial charge is 0.496 e. The van der Waals surface area contributed by atoms with Crippen LogP contribution in [-0.4, -0.2) is 31.3 Å². The number of hydrogen-bond donors (Lipinski definition) is 1. The average Bonchev–Trinajstić information content (AvgIpc) is 2.53. The molecular formula is C16H13FO5. The number of carboxylic acids is 1. The van der Waals surface area contributed by atoms with Gasteiger partial charge in [0.2, 0.25) is 0 Å². The number of benzene rings is 2. The number of carboxylic acid groups (broad SMARTS) is 1. The number of aromatic carboxylic acids is 1. The third kappa shape index (κ3) is 2.90. The lowest BCUT2D eigenvalue weighted by molar-refractivity contribution is 0.0599. The van der Waals surface area contributed by atoms with Crippen LogP contribution in [0.25, 0.3) is 11.1 Å². The number of methoxy groups -OCH3 is 2. The first kappa shape index (κ1) is 15.5. The van der Waals surface area contributed by atoms with Crippen LogP contribution in [0, 0.1) is 5.82 Å². The Morgan fingerprint density at radius 1 is 1.00 bits per heavy atom. The Morgan fingerprint density at radius 3 is 2.18 bits per heavy atom. The Bertz CT molecular complexity index is 739. The third-order valence-electron chi connectivity index (χ3n) is 3.13. The summed E-state index contributed by atoms with van der Waals surface area (Å²) in [4.78, 5) is 22.3. The first-order valence-corrected chi connectivity index (χ1v) is 6.27. The Balaban J connectivity index is 2.52. The molecule has 0 aromatic heterocycles. The number of halogens is 1. The third-order valence-corrected chi connectivity index (χ3v) is 3.13. The predicted molar refractivity (Wildman–Crippen MR) is 76.7 cm³/mol. The lowest BCUT2D eigenvalue weighted by Crippen LogP contribution is -2.02. The van der Waals surface area contributed by atoms with Gasteiger partial charge in [-0.3, -0.25) is 0 Å². The fourth-order valence-electron chi connectivity index (χ4n) is 2.03. The van der Waals surface area contributed by atoms with E-state index in [2.05, 4.69) is 4.74 Å². The van der Waals surface area contributed by atoms with Crippen molar-refractivity contribution in [1.29, 1.82) is 0 Å². The first-order chi connectivity index (χ1) is 10.5. The van der Waals surface area contributed by atoms with Gasteiger partial charge in [-0.15, -0.1) is 0 Å². The van der Waals surface area contributed by atoms with Gasteiger partial charge in [0.1, 0.15) is 11.6 Å². The smallest absolute Gasteiger partial charge is 0.337 e. The Morgan fingerprint density at radius 2 is 1.64 bits per heavy atom. The fraction of sp³-hybridized carbons (Fsp3) is 0.125. The minimum absolute atomic E-state index is 0.0344. The zero-order valence-corrected chi connectivity index (χ0v) is 11.9. The number of carbonyl (C=O) groups is 2. The van der Waals surface area contributed by atoms with Crippen LogP contribution in [0.1, 0.15) is 20.7 Å². The van der Waals surface area contributed by atoms with Crippen molar-refractivity contribution in [2.45, 2.75) is 0 Å². The van der Waals surface area contributed by atoms with Gasteiger partial charge in [-0.1, -0.05) is 6.07 Å². The van der Waals surface area contributed by atoms with Crippen molar-refractivity contribution in [3.05, 3.63) is 53.3 Å². The lowest BCUT2D eigenvalue weighted by atomic mass is 10.0. The number of carbonyl (C=O) groups excluding carboxylic acids is 1. The van der Waals surface area contributed by atoms with Crippen LogP contribution in [0.3, 0.4) is 0 Å². The zero-order chi connectivity index (χ0) is 16.3. The molecule has 0 aliphatic heterocycles. The molecule has 22 heavy (non-hydrogen) atoms. The molecule has 0 amide bonds. The van der Waals surface area contributed by atoms with Crippen molar-refractivity contribution in [2.75, 3.05) is 14.2 Å². The fourth-order valence-corrected chi connectivity index (χ4v) is 2.03. The molecule has 0 saturated carbocycles. The molecule has 5 nitrogen and oxygen atoms in total. The van der Waals surface area contributed by atoms with E-state index in [-0.39, 0.29) is 22.4 Å². The van der Waals surface area contributed by atoms with E-state index < -0.39 is 17.8 Å². The second-order valence-corrected chi connectivity index (χ2v) is 4.41.